The van der Waals surface area contributed by atoms with Gasteiger partial charge in [0.25, 0.3) is 0 Å². The third-order valence-electron chi connectivity index (χ3n) is 2.57. The second-order valence-electron chi connectivity index (χ2n) is 3.74. The number of hydrogen-bond donors (Lipinski definition) is 2. The Bertz CT molecular complexity index is 312. The highest BCUT2D eigenvalue weighted by atomic mass is 35.5. The Morgan fingerprint density at radius 2 is 2.47 bits per heavy atom. The van der Waals surface area contributed by atoms with Gasteiger partial charge in [-0.3, -0.25) is 4.98 Å². The van der Waals surface area contributed by atoms with Crippen molar-refractivity contribution in [3.8, 4) is 0 Å². The lowest BCUT2D eigenvalue weighted by Crippen LogP contribution is -2.24. The van der Waals surface area contributed by atoms with E-state index in [4.69, 9.17) is 11.6 Å². The summed E-state index contributed by atoms with van der Waals surface area (Å²) in [6.45, 7) is 2.06. The minimum absolute atomic E-state index is 0.430. The van der Waals surface area contributed by atoms with Crippen LogP contribution in [-0.2, 0) is 0 Å². The molecule has 0 aliphatic carbocycles. The summed E-state index contributed by atoms with van der Waals surface area (Å²) >= 11 is 5.72. The van der Waals surface area contributed by atoms with Crippen molar-refractivity contribution in [3.05, 3.63) is 17.5 Å². The van der Waals surface area contributed by atoms with Crippen LogP contribution in [0.2, 0.25) is 5.15 Å². The number of anilines is 1. The van der Waals surface area contributed by atoms with E-state index in [0.717, 1.165) is 25.3 Å². The van der Waals surface area contributed by atoms with Gasteiger partial charge in [0.15, 0.2) is 0 Å². The monoisotopic (exact) mass is 226 g/mol. The molecule has 0 spiro atoms. The quantitative estimate of drug-likeness (QED) is 0.821. The lowest BCUT2D eigenvalue weighted by atomic mass is 10.1. The highest BCUT2D eigenvalue weighted by Gasteiger charge is 2.12. The Morgan fingerprint density at radius 3 is 3.20 bits per heavy atom. The van der Waals surface area contributed by atoms with Crippen molar-refractivity contribution in [1.82, 2.24) is 15.3 Å². The molecule has 1 aromatic rings. The van der Waals surface area contributed by atoms with E-state index in [2.05, 4.69) is 20.6 Å². The summed E-state index contributed by atoms with van der Waals surface area (Å²) in [5, 5.41) is 7.10. The molecule has 0 amide bonds. The molecule has 1 fully saturated rings. The molecule has 0 aromatic carbocycles. The molecule has 1 atom stereocenters. The largest absolute Gasteiger partial charge is 0.369 e. The Hall–Kier alpha value is -0.870. The van der Waals surface area contributed by atoms with E-state index < -0.39 is 0 Å². The van der Waals surface area contributed by atoms with E-state index in [1.807, 2.05) is 0 Å². The third-order valence-corrected chi connectivity index (χ3v) is 2.75. The summed E-state index contributed by atoms with van der Waals surface area (Å²) in [5.41, 5.74) is 0. The smallest absolute Gasteiger partial charge is 0.149 e. The number of aromatic nitrogens is 2. The van der Waals surface area contributed by atoms with Crippen LogP contribution >= 0.6 is 11.6 Å². The number of nitrogens with zero attached hydrogens (tertiary/aromatic N) is 2. The second kappa shape index (κ2) is 5.28. The van der Waals surface area contributed by atoms with Gasteiger partial charge in [-0.15, -0.1) is 0 Å². The molecule has 15 heavy (non-hydrogen) atoms. The Labute approximate surface area is 94.5 Å². The van der Waals surface area contributed by atoms with Gasteiger partial charge in [-0.05, 0) is 25.8 Å². The predicted octanol–water partition coefficient (Wildman–Crippen LogP) is 1.68. The van der Waals surface area contributed by atoms with Crippen LogP contribution in [0.3, 0.4) is 0 Å². The minimum atomic E-state index is 0.430. The summed E-state index contributed by atoms with van der Waals surface area (Å²) in [5.74, 6) is 0.750. The van der Waals surface area contributed by atoms with Crippen LogP contribution in [0.1, 0.15) is 19.3 Å². The maximum Gasteiger partial charge on any atom is 0.149 e. The first kappa shape index (κ1) is 10.6. The molecule has 0 unspecified atom stereocenters. The standard InChI is InChI=1S/C10H15ClN4/c11-9-6-12-7-10(15-9)14-5-3-8-2-1-4-13-8/h6-8,13H,1-5H2,(H,14,15)/t8-/m1/s1. The zero-order chi connectivity index (χ0) is 10.5. The molecule has 0 bridgehead atoms. The Kier molecular flexibility index (Phi) is 3.75. The van der Waals surface area contributed by atoms with E-state index in [-0.39, 0.29) is 0 Å². The fraction of sp³-hybridized carbons (Fsp3) is 0.600. The Balaban J connectivity index is 1.73. The average Bonchev–Trinajstić information content (AvgIpc) is 2.71. The summed E-state index contributed by atoms with van der Waals surface area (Å²) in [7, 11) is 0. The van der Waals surface area contributed by atoms with Crippen molar-refractivity contribution >= 4 is 17.4 Å². The molecular weight excluding hydrogens is 212 g/mol. The fourth-order valence-corrected chi connectivity index (χ4v) is 1.95. The van der Waals surface area contributed by atoms with Crippen molar-refractivity contribution < 1.29 is 0 Å². The van der Waals surface area contributed by atoms with Gasteiger partial charge < -0.3 is 10.6 Å². The van der Waals surface area contributed by atoms with Crippen molar-refractivity contribution in [2.75, 3.05) is 18.4 Å². The minimum Gasteiger partial charge on any atom is -0.369 e. The molecule has 2 N–H and O–H groups in total. The van der Waals surface area contributed by atoms with Crippen LogP contribution in [0.4, 0.5) is 5.82 Å². The highest BCUT2D eigenvalue weighted by molar-refractivity contribution is 6.29. The summed E-state index contributed by atoms with van der Waals surface area (Å²) in [6.07, 6.45) is 6.91. The Morgan fingerprint density at radius 1 is 1.53 bits per heavy atom. The third kappa shape index (κ3) is 3.32. The van der Waals surface area contributed by atoms with Gasteiger partial charge in [0.2, 0.25) is 0 Å². The van der Waals surface area contributed by atoms with Crippen LogP contribution in [-0.4, -0.2) is 29.1 Å². The first-order valence-electron chi connectivity index (χ1n) is 5.29. The average molecular weight is 227 g/mol. The maximum atomic E-state index is 5.72. The zero-order valence-electron chi connectivity index (χ0n) is 8.54. The van der Waals surface area contributed by atoms with Crippen molar-refractivity contribution in [2.45, 2.75) is 25.3 Å². The van der Waals surface area contributed by atoms with Gasteiger partial charge in [-0.25, -0.2) is 4.98 Å². The fourth-order valence-electron chi connectivity index (χ4n) is 1.80. The molecule has 0 radical (unpaired) electrons. The molecule has 1 aliphatic rings. The molecule has 4 nitrogen and oxygen atoms in total. The van der Waals surface area contributed by atoms with E-state index in [1.54, 1.807) is 6.20 Å². The summed E-state index contributed by atoms with van der Waals surface area (Å²) in [4.78, 5) is 8.07. The molecular formula is C10H15ClN4. The van der Waals surface area contributed by atoms with E-state index in [1.165, 1.54) is 19.0 Å². The number of halogens is 1. The molecule has 0 saturated carbocycles. The number of hydrogen-bond acceptors (Lipinski definition) is 4. The van der Waals surface area contributed by atoms with Gasteiger partial charge in [-0.1, -0.05) is 11.6 Å². The normalized spacial score (nSPS) is 20.5. The van der Waals surface area contributed by atoms with Gasteiger partial charge in [-0.2, -0.15) is 0 Å². The van der Waals surface area contributed by atoms with Crippen LogP contribution in [0.25, 0.3) is 0 Å². The van der Waals surface area contributed by atoms with Crippen molar-refractivity contribution in [1.29, 1.82) is 0 Å². The van der Waals surface area contributed by atoms with Crippen molar-refractivity contribution in [2.24, 2.45) is 0 Å². The SMILES string of the molecule is Clc1cncc(NCC[C@H]2CCCN2)n1. The first-order chi connectivity index (χ1) is 7.34. The second-order valence-corrected chi connectivity index (χ2v) is 4.12. The maximum absolute atomic E-state index is 5.72. The lowest BCUT2D eigenvalue weighted by molar-refractivity contribution is 0.574. The van der Waals surface area contributed by atoms with E-state index >= 15 is 0 Å². The highest BCUT2D eigenvalue weighted by Crippen LogP contribution is 2.10. The van der Waals surface area contributed by atoms with Gasteiger partial charge in [0.1, 0.15) is 11.0 Å². The molecule has 82 valence electrons. The summed E-state index contributed by atoms with van der Waals surface area (Å²) < 4.78 is 0. The van der Waals surface area contributed by atoms with Gasteiger partial charge >= 0.3 is 0 Å². The zero-order valence-corrected chi connectivity index (χ0v) is 9.30. The van der Waals surface area contributed by atoms with Crippen LogP contribution in [0, 0.1) is 0 Å². The first-order valence-corrected chi connectivity index (χ1v) is 5.67. The number of rotatable bonds is 4. The van der Waals surface area contributed by atoms with Gasteiger partial charge in [0, 0.05) is 12.6 Å². The van der Waals surface area contributed by atoms with E-state index in [9.17, 15) is 0 Å². The predicted molar refractivity (Wildman–Crippen MR) is 61.2 cm³/mol. The molecule has 1 aromatic heterocycles. The van der Waals surface area contributed by atoms with Crippen LogP contribution < -0.4 is 10.6 Å². The van der Waals surface area contributed by atoms with Crippen LogP contribution in [0.5, 0.6) is 0 Å². The van der Waals surface area contributed by atoms with Gasteiger partial charge in [0.05, 0.1) is 12.4 Å². The molecule has 5 heteroatoms. The summed E-state index contributed by atoms with van der Waals surface area (Å²) in [6, 6.07) is 0.657. The molecule has 1 aliphatic heterocycles. The van der Waals surface area contributed by atoms with E-state index in [0.29, 0.717) is 11.2 Å². The number of nitrogens with one attached hydrogen (secondary N) is 2. The van der Waals surface area contributed by atoms with Crippen LogP contribution in [0.15, 0.2) is 12.4 Å². The lowest BCUT2D eigenvalue weighted by Gasteiger charge is -2.10. The topological polar surface area (TPSA) is 49.8 Å². The van der Waals surface area contributed by atoms with Crippen molar-refractivity contribution in [3.63, 3.8) is 0 Å². The molecule has 1 saturated heterocycles. The molecule has 2 rings (SSSR count). The molecule has 2 heterocycles.